The third kappa shape index (κ3) is 4.18. The van der Waals surface area contributed by atoms with Gasteiger partial charge in [-0.15, -0.1) is 0 Å². The molecule has 1 aliphatic rings. The Bertz CT molecular complexity index is 1240. The molecule has 0 spiro atoms. The molecule has 1 aromatic heterocycles. The van der Waals surface area contributed by atoms with Crippen molar-refractivity contribution >= 4 is 39.2 Å². The van der Waals surface area contributed by atoms with Crippen molar-refractivity contribution in [2.75, 3.05) is 12.0 Å². The first kappa shape index (κ1) is 22.8. The van der Waals surface area contributed by atoms with Crippen LogP contribution in [0.25, 0.3) is 5.76 Å². The molecule has 170 valence electrons. The number of Topliss-reactive ketones (excluding diaryl/α,β-unsaturated/α-hetero) is 1. The fraction of sp³-hybridized carbons (Fsp3) is 0.240. The summed E-state index contributed by atoms with van der Waals surface area (Å²) in [6.07, 6.45) is 0. The Kier molecular flexibility index (Phi) is 5.88. The molecule has 1 atom stereocenters. The van der Waals surface area contributed by atoms with E-state index in [0.29, 0.717) is 22.6 Å². The molecule has 1 aliphatic heterocycles. The van der Waals surface area contributed by atoms with E-state index in [1.807, 2.05) is 20.8 Å². The lowest BCUT2D eigenvalue weighted by Crippen LogP contribution is -2.29. The summed E-state index contributed by atoms with van der Waals surface area (Å²) in [5.41, 5.74) is 0.679. The summed E-state index contributed by atoms with van der Waals surface area (Å²) in [7, 11) is 1.55. The zero-order chi connectivity index (χ0) is 23.9. The summed E-state index contributed by atoms with van der Waals surface area (Å²) in [5.74, 6) is -0.443. The number of aliphatic hydroxyl groups is 1. The number of benzene rings is 2. The molecular weight excluding hydrogens is 488 g/mol. The lowest BCUT2D eigenvalue weighted by atomic mass is 9.93. The minimum absolute atomic E-state index is 0.0206. The van der Waals surface area contributed by atoms with Crippen molar-refractivity contribution in [2.45, 2.75) is 32.2 Å². The van der Waals surface area contributed by atoms with Gasteiger partial charge in [0.2, 0.25) is 0 Å². The van der Waals surface area contributed by atoms with E-state index >= 15 is 0 Å². The number of hydrogen-bond acceptors (Lipinski definition) is 6. The van der Waals surface area contributed by atoms with Crippen LogP contribution in [0.5, 0.6) is 5.75 Å². The third-order valence-corrected chi connectivity index (χ3v) is 6.01. The van der Waals surface area contributed by atoms with Gasteiger partial charge in [0.15, 0.2) is 5.82 Å². The quantitative estimate of drug-likeness (QED) is 0.288. The number of amides is 1. The van der Waals surface area contributed by atoms with Gasteiger partial charge in [-0.2, -0.15) is 0 Å². The SMILES string of the molecule is COc1ccc(C2C(=C(O)c3ccc(Br)cc3)C(=O)C(=O)N2c2cc(C(C)(C)C)on2)cc1. The highest BCUT2D eigenvalue weighted by atomic mass is 79.9. The summed E-state index contributed by atoms with van der Waals surface area (Å²) in [6, 6.07) is 14.6. The van der Waals surface area contributed by atoms with Gasteiger partial charge in [0.25, 0.3) is 5.78 Å². The summed E-state index contributed by atoms with van der Waals surface area (Å²) in [6.45, 7) is 5.87. The fourth-order valence-corrected chi connectivity index (χ4v) is 3.93. The van der Waals surface area contributed by atoms with Crippen molar-refractivity contribution in [3.63, 3.8) is 0 Å². The van der Waals surface area contributed by atoms with Gasteiger partial charge in [-0.1, -0.05) is 66.1 Å². The van der Waals surface area contributed by atoms with Crippen molar-refractivity contribution in [3.05, 3.63) is 81.5 Å². The van der Waals surface area contributed by atoms with Crippen LogP contribution in [0.15, 0.2) is 69.2 Å². The molecule has 0 saturated carbocycles. The number of hydrogen-bond donors (Lipinski definition) is 1. The minimum Gasteiger partial charge on any atom is -0.507 e. The number of halogens is 1. The zero-order valence-electron chi connectivity index (χ0n) is 18.6. The molecule has 8 heteroatoms. The Morgan fingerprint density at radius 1 is 1.09 bits per heavy atom. The first-order valence-electron chi connectivity index (χ1n) is 10.3. The molecule has 1 saturated heterocycles. The Labute approximate surface area is 199 Å². The standard InChI is InChI=1S/C25H23BrN2O5/c1-25(2,3)18-13-19(27-33-18)28-21(14-7-11-17(32-4)12-8-14)20(23(30)24(28)31)22(29)15-5-9-16(26)10-6-15/h5-13,21,29H,1-4H3. The molecule has 4 rings (SSSR count). The van der Waals surface area contributed by atoms with Crippen molar-refractivity contribution in [1.82, 2.24) is 5.16 Å². The first-order valence-corrected chi connectivity index (χ1v) is 11.1. The number of aliphatic hydroxyl groups excluding tert-OH is 1. The summed E-state index contributed by atoms with van der Waals surface area (Å²) in [5, 5.41) is 15.2. The molecule has 1 unspecified atom stereocenters. The van der Waals surface area contributed by atoms with Crippen molar-refractivity contribution in [2.24, 2.45) is 0 Å². The van der Waals surface area contributed by atoms with Crippen LogP contribution in [0.2, 0.25) is 0 Å². The number of ether oxygens (including phenoxy) is 1. The topological polar surface area (TPSA) is 92.9 Å². The van der Waals surface area contributed by atoms with E-state index in [0.717, 1.165) is 4.47 Å². The largest absolute Gasteiger partial charge is 0.507 e. The van der Waals surface area contributed by atoms with Gasteiger partial charge >= 0.3 is 5.91 Å². The summed E-state index contributed by atoms with van der Waals surface area (Å²) < 4.78 is 11.5. The highest BCUT2D eigenvalue weighted by Gasteiger charge is 2.48. The second kappa shape index (κ2) is 8.51. The maximum absolute atomic E-state index is 13.2. The van der Waals surface area contributed by atoms with Gasteiger partial charge in [0.05, 0.1) is 18.7 Å². The Hall–Kier alpha value is -3.39. The van der Waals surface area contributed by atoms with E-state index in [2.05, 4.69) is 21.1 Å². The van der Waals surface area contributed by atoms with E-state index in [4.69, 9.17) is 9.26 Å². The van der Waals surface area contributed by atoms with Gasteiger partial charge in [0, 0.05) is 21.5 Å². The highest BCUT2D eigenvalue weighted by molar-refractivity contribution is 9.10. The molecule has 1 N–H and O–H groups in total. The lowest BCUT2D eigenvalue weighted by Gasteiger charge is -2.23. The molecule has 1 amide bonds. The molecule has 2 heterocycles. The van der Waals surface area contributed by atoms with E-state index in [9.17, 15) is 14.7 Å². The van der Waals surface area contributed by atoms with Crippen molar-refractivity contribution < 1.29 is 24.0 Å². The average molecular weight is 511 g/mol. The van der Waals surface area contributed by atoms with Gasteiger partial charge in [-0.3, -0.25) is 14.5 Å². The second-order valence-corrected chi connectivity index (χ2v) is 9.66. The summed E-state index contributed by atoms with van der Waals surface area (Å²) >= 11 is 3.36. The van der Waals surface area contributed by atoms with Crippen molar-refractivity contribution in [3.8, 4) is 5.75 Å². The van der Waals surface area contributed by atoms with Crippen LogP contribution in [0.3, 0.4) is 0 Å². The fourth-order valence-electron chi connectivity index (χ4n) is 3.67. The van der Waals surface area contributed by atoms with Crippen LogP contribution in [0.1, 0.15) is 43.7 Å². The van der Waals surface area contributed by atoms with E-state index in [1.165, 1.54) is 4.90 Å². The molecule has 1 fully saturated rings. The minimum atomic E-state index is -0.891. The van der Waals surface area contributed by atoms with Crippen LogP contribution >= 0.6 is 15.9 Å². The molecule has 2 aromatic carbocycles. The van der Waals surface area contributed by atoms with E-state index < -0.39 is 17.7 Å². The summed E-state index contributed by atoms with van der Waals surface area (Å²) in [4.78, 5) is 27.6. The normalized spacial score (nSPS) is 18.1. The maximum atomic E-state index is 13.2. The van der Waals surface area contributed by atoms with Crippen LogP contribution in [-0.4, -0.2) is 29.1 Å². The Balaban J connectivity index is 1.91. The highest BCUT2D eigenvalue weighted by Crippen LogP contribution is 2.43. The molecule has 7 nitrogen and oxygen atoms in total. The number of methoxy groups -OCH3 is 1. The molecule has 0 aliphatic carbocycles. The first-order chi connectivity index (χ1) is 15.6. The molecule has 3 aromatic rings. The van der Waals surface area contributed by atoms with Crippen LogP contribution < -0.4 is 9.64 Å². The monoisotopic (exact) mass is 510 g/mol. The van der Waals surface area contributed by atoms with Crippen molar-refractivity contribution in [1.29, 1.82) is 0 Å². The van der Waals surface area contributed by atoms with Gasteiger partial charge in [-0.05, 0) is 29.8 Å². The number of anilines is 1. The average Bonchev–Trinajstić information content (AvgIpc) is 3.37. The van der Waals surface area contributed by atoms with Crippen LogP contribution in [-0.2, 0) is 15.0 Å². The number of rotatable bonds is 4. The van der Waals surface area contributed by atoms with Gasteiger partial charge in [-0.25, -0.2) is 0 Å². The number of ketones is 1. The lowest BCUT2D eigenvalue weighted by molar-refractivity contribution is -0.132. The van der Waals surface area contributed by atoms with Crippen LogP contribution in [0, 0.1) is 0 Å². The number of carbonyl (C=O) groups excluding carboxylic acids is 2. The van der Waals surface area contributed by atoms with E-state index in [1.54, 1.807) is 61.7 Å². The van der Waals surface area contributed by atoms with Crippen LogP contribution in [0.4, 0.5) is 5.82 Å². The van der Waals surface area contributed by atoms with Gasteiger partial charge in [0.1, 0.15) is 17.3 Å². The smallest absolute Gasteiger partial charge is 0.301 e. The number of nitrogens with zero attached hydrogens (tertiary/aromatic N) is 2. The Morgan fingerprint density at radius 3 is 2.27 bits per heavy atom. The zero-order valence-corrected chi connectivity index (χ0v) is 20.2. The van der Waals surface area contributed by atoms with E-state index in [-0.39, 0.29) is 22.6 Å². The Morgan fingerprint density at radius 2 is 1.73 bits per heavy atom. The predicted molar refractivity (Wildman–Crippen MR) is 127 cm³/mol. The molecule has 33 heavy (non-hydrogen) atoms. The predicted octanol–water partition coefficient (Wildman–Crippen LogP) is 5.37. The van der Waals surface area contributed by atoms with Gasteiger partial charge < -0.3 is 14.4 Å². The third-order valence-electron chi connectivity index (χ3n) is 5.48. The second-order valence-electron chi connectivity index (χ2n) is 8.75. The number of aromatic nitrogens is 1. The molecule has 0 bridgehead atoms. The maximum Gasteiger partial charge on any atom is 0.301 e. The molecular formula is C25H23BrN2O5. The number of carbonyl (C=O) groups is 2. The molecule has 0 radical (unpaired) electrons.